The van der Waals surface area contributed by atoms with Gasteiger partial charge in [0.15, 0.2) is 0 Å². The molecule has 0 saturated carbocycles. The fraction of sp³-hybridized carbons (Fsp3) is 0.273. The van der Waals surface area contributed by atoms with Crippen molar-refractivity contribution in [1.82, 2.24) is 5.32 Å². The van der Waals surface area contributed by atoms with Gasteiger partial charge in [-0.25, -0.2) is 8.42 Å². The van der Waals surface area contributed by atoms with Crippen molar-refractivity contribution in [2.75, 3.05) is 18.6 Å². The number of hydrogen-bond acceptors (Lipinski definition) is 4. The lowest BCUT2D eigenvalue weighted by atomic mass is 10.1. The highest BCUT2D eigenvalue weighted by Crippen LogP contribution is 2.02. The minimum absolute atomic E-state index is 0.0810. The van der Waals surface area contributed by atoms with Gasteiger partial charge < -0.3 is 5.32 Å². The highest BCUT2D eigenvalue weighted by Gasteiger charge is 2.07. The first kappa shape index (κ1) is 13.2. The monoisotopic (exact) mass is 252 g/mol. The van der Waals surface area contributed by atoms with Gasteiger partial charge in [-0.15, -0.1) is 0 Å². The fourth-order valence-corrected chi connectivity index (χ4v) is 1.62. The predicted octanol–water partition coefficient (Wildman–Crippen LogP) is 0.333. The summed E-state index contributed by atoms with van der Waals surface area (Å²) in [5.41, 5.74) is 0.871. The molecule has 1 aromatic rings. The normalized spacial score (nSPS) is 10.6. The number of hydrogen-bond donors (Lipinski definition) is 1. The summed E-state index contributed by atoms with van der Waals surface area (Å²) in [4.78, 5) is 11.5. The van der Waals surface area contributed by atoms with E-state index in [2.05, 4.69) is 5.32 Å². The molecular formula is C11H12N2O3S. The maximum Gasteiger partial charge on any atom is 0.251 e. The van der Waals surface area contributed by atoms with E-state index in [1.54, 1.807) is 0 Å². The van der Waals surface area contributed by atoms with E-state index in [4.69, 9.17) is 5.26 Å². The first-order valence-electron chi connectivity index (χ1n) is 4.88. The first-order valence-corrected chi connectivity index (χ1v) is 6.94. The zero-order valence-corrected chi connectivity index (χ0v) is 10.1. The fourth-order valence-electron chi connectivity index (χ4n) is 1.15. The molecule has 0 atom stereocenters. The van der Waals surface area contributed by atoms with Gasteiger partial charge in [0.1, 0.15) is 9.84 Å². The zero-order chi connectivity index (χ0) is 12.9. The molecule has 1 aromatic carbocycles. The first-order chi connectivity index (χ1) is 7.92. The van der Waals surface area contributed by atoms with Crippen LogP contribution in [0.5, 0.6) is 0 Å². The van der Waals surface area contributed by atoms with Crippen molar-refractivity contribution in [2.24, 2.45) is 0 Å². The number of rotatable bonds is 4. The van der Waals surface area contributed by atoms with Gasteiger partial charge in [-0.3, -0.25) is 4.79 Å². The van der Waals surface area contributed by atoms with Gasteiger partial charge in [0.25, 0.3) is 5.91 Å². The van der Waals surface area contributed by atoms with Gasteiger partial charge in [0.05, 0.1) is 17.4 Å². The lowest BCUT2D eigenvalue weighted by Crippen LogP contribution is -2.28. The van der Waals surface area contributed by atoms with Gasteiger partial charge >= 0.3 is 0 Å². The summed E-state index contributed by atoms with van der Waals surface area (Å²) in [5.74, 6) is -0.437. The quantitative estimate of drug-likeness (QED) is 0.836. The zero-order valence-electron chi connectivity index (χ0n) is 9.30. The van der Waals surface area contributed by atoms with Crippen molar-refractivity contribution in [3.8, 4) is 6.07 Å². The Hall–Kier alpha value is -1.87. The SMILES string of the molecule is CS(=O)(=O)CCNC(=O)c1ccc(C#N)cc1. The third-order valence-corrected chi connectivity index (χ3v) is 2.98. The molecule has 1 N–H and O–H groups in total. The van der Waals surface area contributed by atoms with E-state index in [-0.39, 0.29) is 18.2 Å². The minimum Gasteiger partial charge on any atom is -0.351 e. The number of nitrogens with one attached hydrogen (secondary N) is 1. The van der Waals surface area contributed by atoms with Crippen molar-refractivity contribution in [3.05, 3.63) is 35.4 Å². The maximum absolute atomic E-state index is 11.5. The molecule has 0 unspecified atom stereocenters. The lowest BCUT2D eigenvalue weighted by Gasteiger charge is -2.04. The number of sulfone groups is 1. The molecule has 1 amide bonds. The molecule has 0 radical (unpaired) electrons. The Labute approximate surface area is 100.0 Å². The molecule has 5 nitrogen and oxygen atoms in total. The van der Waals surface area contributed by atoms with Gasteiger partial charge in [0, 0.05) is 18.4 Å². The Kier molecular flexibility index (Phi) is 4.24. The number of benzene rings is 1. The number of nitrogens with zero attached hydrogens (tertiary/aromatic N) is 1. The van der Waals surface area contributed by atoms with Crippen LogP contribution in [0.2, 0.25) is 0 Å². The van der Waals surface area contributed by atoms with E-state index in [1.807, 2.05) is 6.07 Å². The second-order valence-electron chi connectivity index (χ2n) is 3.57. The second kappa shape index (κ2) is 5.46. The number of carbonyl (C=O) groups is 1. The molecule has 0 saturated heterocycles. The molecule has 0 bridgehead atoms. The largest absolute Gasteiger partial charge is 0.351 e. The summed E-state index contributed by atoms with van der Waals surface area (Å²) in [6, 6.07) is 8.06. The highest BCUT2D eigenvalue weighted by atomic mass is 32.2. The summed E-state index contributed by atoms with van der Waals surface area (Å²) in [7, 11) is -3.07. The van der Waals surface area contributed by atoms with E-state index in [0.29, 0.717) is 11.1 Å². The number of carbonyl (C=O) groups excluding carboxylic acids is 1. The average molecular weight is 252 g/mol. The average Bonchev–Trinajstić information content (AvgIpc) is 2.27. The van der Waals surface area contributed by atoms with Crippen molar-refractivity contribution >= 4 is 15.7 Å². The standard InChI is InChI=1S/C11H12N2O3S/c1-17(15,16)7-6-13-11(14)10-4-2-9(8-12)3-5-10/h2-5H,6-7H2,1H3,(H,13,14). The molecule has 0 aliphatic heterocycles. The Morgan fingerprint density at radius 1 is 1.35 bits per heavy atom. The Balaban J connectivity index is 2.56. The second-order valence-corrected chi connectivity index (χ2v) is 5.83. The molecule has 17 heavy (non-hydrogen) atoms. The predicted molar refractivity (Wildman–Crippen MR) is 63.2 cm³/mol. The number of amides is 1. The molecule has 0 heterocycles. The Morgan fingerprint density at radius 3 is 2.41 bits per heavy atom. The van der Waals surface area contributed by atoms with E-state index in [9.17, 15) is 13.2 Å². The van der Waals surface area contributed by atoms with E-state index < -0.39 is 9.84 Å². The van der Waals surface area contributed by atoms with Crippen molar-refractivity contribution < 1.29 is 13.2 Å². The summed E-state index contributed by atoms with van der Waals surface area (Å²) in [6.45, 7) is 0.0810. The van der Waals surface area contributed by atoms with E-state index in [0.717, 1.165) is 6.26 Å². The summed E-state index contributed by atoms with van der Waals surface area (Å²) < 4.78 is 21.7. The summed E-state index contributed by atoms with van der Waals surface area (Å²) >= 11 is 0. The van der Waals surface area contributed by atoms with E-state index >= 15 is 0 Å². The van der Waals surface area contributed by atoms with Crippen LogP contribution in [-0.2, 0) is 9.84 Å². The lowest BCUT2D eigenvalue weighted by molar-refractivity contribution is 0.0956. The van der Waals surface area contributed by atoms with Crippen LogP contribution >= 0.6 is 0 Å². The van der Waals surface area contributed by atoms with Crippen LogP contribution < -0.4 is 5.32 Å². The Morgan fingerprint density at radius 2 is 1.94 bits per heavy atom. The summed E-state index contributed by atoms with van der Waals surface area (Å²) in [6.07, 6.45) is 1.11. The van der Waals surface area contributed by atoms with Crippen molar-refractivity contribution in [1.29, 1.82) is 5.26 Å². The van der Waals surface area contributed by atoms with E-state index in [1.165, 1.54) is 24.3 Å². The molecular weight excluding hydrogens is 240 g/mol. The van der Waals surface area contributed by atoms with Crippen LogP contribution in [0.4, 0.5) is 0 Å². The van der Waals surface area contributed by atoms with Crippen LogP contribution in [0.1, 0.15) is 15.9 Å². The van der Waals surface area contributed by atoms with Gasteiger partial charge in [0.2, 0.25) is 0 Å². The van der Waals surface area contributed by atoms with Gasteiger partial charge in [-0.1, -0.05) is 0 Å². The molecule has 0 aliphatic rings. The van der Waals surface area contributed by atoms with Crippen LogP contribution in [0.15, 0.2) is 24.3 Å². The molecule has 0 aliphatic carbocycles. The Bertz CT molecular complexity index is 541. The number of nitriles is 1. The smallest absolute Gasteiger partial charge is 0.251 e. The third-order valence-electron chi connectivity index (χ3n) is 2.03. The molecule has 0 spiro atoms. The topological polar surface area (TPSA) is 87.0 Å². The summed E-state index contributed by atoms with van der Waals surface area (Å²) in [5, 5.41) is 11.1. The van der Waals surface area contributed by atoms with Crippen molar-refractivity contribution in [3.63, 3.8) is 0 Å². The van der Waals surface area contributed by atoms with Crippen LogP contribution in [-0.4, -0.2) is 32.9 Å². The van der Waals surface area contributed by atoms with Gasteiger partial charge in [-0.2, -0.15) is 5.26 Å². The van der Waals surface area contributed by atoms with Crippen molar-refractivity contribution in [2.45, 2.75) is 0 Å². The third kappa shape index (κ3) is 4.66. The van der Waals surface area contributed by atoms with Crippen LogP contribution in [0.3, 0.4) is 0 Å². The van der Waals surface area contributed by atoms with Crippen LogP contribution in [0.25, 0.3) is 0 Å². The molecule has 6 heteroatoms. The van der Waals surface area contributed by atoms with Crippen LogP contribution in [0, 0.1) is 11.3 Å². The molecule has 90 valence electrons. The van der Waals surface area contributed by atoms with Gasteiger partial charge in [-0.05, 0) is 24.3 Å². The molecule has 1 rings (SSSR count). The molecule has 0 fully saturated rings. The maximum atomic E-state index is 11.5. The highest BCUT2D eigenvalue weighted by molar-refractivity contribution is 7.90. The minimum atomic E-state index is -3.07. The molecule has 0 aromatic heterocycles.